The Morgan fingerprint density at radius 2 is 2.14 bits per heavy atom. The largest absolute Gasteiger partial charge is 0.324 e. The lowest BCUT2D eigenvalue weighted by atomic mass is 9.94. The fourth-order valence-corrected chi connectivity index (χ4v) is 1.80. The number of nitrogens with two attached hydrogens (primary N) is 1. The molecule has 2 rings (SSSR count). The first-order valence-electron chi connectivity index (χ1n) is 4.34. The van der Waals surface area contributed by atoms with Crippen LogP contribution in [0.1, 0.15) is 18.1 Å². The number of rotatable bonds is 0. The van der Waals surface area contributed by atoms with E-state index in [0.29, 0.717) is 5.02 Å². The smallest absolute Gasteiger partial charge is 0.248 e. The summed E-state index contributed by atoms with van der Waals surface area (Å²) in [6.07, 6.45) is 0. The molecule has 1 aromatic carbocycles. The second kappa shape index (κ2) is 2.72. The van der Waals surface area contributed by atoms with Crippen molar-refractivity contribution in [2.45, 2.75) is 19.4 Å². The van der Waals surface area contributed by atoms with Crippen molar-refractivity contribution in [3.63, 3.8) is 0 Å². The van der Waals surface area contributed by atoms with Gasteiger partial charge in [-0.25, -0.2) is 0 Å². The molecular formula is C10H11ClN2O. The number of amides is 1. The molecule has 0 aliphatic carbocycles. The van der Waals surface area contributed by atoms with E-state index in [2.05, 4.69) is 5.32 Å². The molecule has 0 spiro atoms. The number of benzene rings is 1. The molecule has 1 aliphatic heterocycles. The third-order valence-corrected chi connectivity index (χ3v) is 3.08. The Morgan fingerprint density at radius 1 is 1.50 bits per heavy atom. The monoisotopic (exact) mass is 210 g/mol. The molecule has 0 radical (unpaired) electrons. The molecule has 1 atom stereocenters. The Balaban J connectivity index is 2.70. The molecule has 74 valence electrons. The number of hydrogen-bond acceptors (Lipinski definition) is 2. The zero-order valence-corrected chi connectivity index (χ0v) is 8.77. The van der Waals surface area contributed by atoms with Crippen LogP contribution in [0.4, 0.5) is 5.69 Å². The van der Waals surface area contributed by atoms with Crippen molar-refractivity contribution in [1.82, 2.24) is 0 Å². The van der Waals surface area contributed by atoms with Crippen molar-refractivity contribution in [2.24, 2.45) is 5.73 Å². The zero-order valence-electron chi connectivity index (χ0n) is 8.02. The van der Waals surface area contributed by atoms with Gasteiger partial charge in [-0.1, -0.05) is 17.7 Å². The third-order valence-electron chi connectivity index (χ3n) is 2.67. The van der Waals surface area contributed by atoms with Crippen molar-refractivity contribution < 1.29 is 4.79 Å². The minimum Gasteiger partial charge on any atom is -0.324 e. The quantitative estimate of drug-likeness (QED) is 0.686. The number of carbonyl (C=O) groups excluding carboxylic acids is 1. The summed E-state index contributed by atoms with van der Waals surface area (Å²) < 4.78 is 0. The molecule has 1 amide bonds. The lowest BCUT2D eigenvalue weighted by Gasteiger charge is -2.15. The van der Waals surface area contributed by atoms with Gasteiger partial charge in [0.1, 0.15) is 5.54 Å². The number of hydrogen-bond donors (Lipinski definition) is 2. The molecule has 0 fully saturated rings. The second-order valence-corrected chi connectivity index (χ2v) is 4.16. The first kappa shape index (κ1) is 9.49. The summed E-state index contributed by atoms with van der Waals surface area (Å²) in [4.78, 5) is 11.5. The van der Waals surface area contributed by atoms with Crippen LogP contribution in [0.5, 0.6) is 0 Å². The Labute approximate surface area is 87.2 Å². The highest BCUT2D eigenvalue weighted by molar-refractivity contribution is 6.32. The van der Waals surface area contributed by atoms with E-state index in [1.165, 1.54) is 0 Å². The molecule has 14 heavy (non-hydrogen) atoms. The zero-order chi connectivity index (χ0) is 10.5. The van der Waals surface area contributed by atoms with Crippen LogP contribution in [0.3, 0.4) is 0 Å². The molecule has 3 N–H and O–H groups in total. The van der Waals surface area contributed by atoms with Gasteiger partial charge in [0, 0.05) is 10.6 Å². The molecule has 1 aliphatic rings. The van der Waals surface area contributed by atoms with Gasteiger partial charge in [-0.05, 0) is 25.5 Å². The molecule has 1 aromatic rings. The van der Waals surface area contributed by atoms with E-state index in [1.807, 2.05) is 6.92 Å². The predicted octanol–water partition coefficient (Wildman–Crippen LogP) is 1.77. The van der Waals surface area contributed by atoms with Gasteiger partial charge in [0.05, 0.1) is 5.69 Å². The van der Waals surface area contributed by atoms with Crippen molar-refractivity contribution in [2.75, 3.05) is 5.32 Å². The Hall–Kier alpha value is -1.06. The van der Waals surface area contributed by atoms with E-state index < -0.39 is 5.54 Å². The first-order chi connectivity index (χ1) is 6.44. The summed E-state index contributed by atoms with van der Waals surface area (Å²) in [7, 11) is 0. The van der Waals surface area contributed by atoms with Crippen molar-refractivity contribution in [3.05, 3.63) is 28.3 Å². The molecule has 0 aromatic heterocycles. The van der Waals surface area contributed by atoms with Crippen LogP contribution in [0.2, 0.25) is 5.02 Å². The first-order valence-corrected chi connectivity index (χ1v) is 4.72. The van der Waals surface area contributed by atoms with Crippen LogP contribution in [0, 0.1) is 6.92 Å². The van der Waals surface area contributed by atoms with Crippen LogP contribution < -0.4 is 11.1 Å². The van der Waals surface area contributed by atoms with Crippen LogP contribution in [0.25, 0.3) is 0 Å². The topological polar surface area (TPSA) is 55.1 Å². The highest BCUT2D eigenvalue weighted by atomic mass is 35.5. The molecule has 0 bridgehead atoms. The van der Waals surface area contributed by atoms with Gasteiger partial charge in [-0.15, -0.1) is 0 Å². The Kier molecular flexibility index (Phi) is 1.84. The number of fused-ring (bicyclic) bond motifs is 1. The second-order valence-electron chi connectivity index (χ2n) is 3.75. The number of nitrogens with one attached hydrogen (secondary N) is 1. The molecule has 4 heteroatoms. The SMILES string of the molecule is Cc1c(Cl)ccc2c1NC(=O)C2(C)N. The van der Waals surface area contributed by atoms with E-state index in [9.17, 15) is 4.79 Å². The summed E-state index contributed by atoms with van der Waals surface area (Å²) in [5.74, 6) is -0.183. The van der Waals surface area contributed by atoms with E-state index in [0.717, 1.165) is 16.8 Å². The minimum atomic E-state index is -0.940. The molecular weight excluding hydrogens is 200 g/mol. The Morgan fingerprint density at radius 3 is 2.79 bits per heavy atom. The van der Waals surface area contributed by atoms with Crippen molar-refractivity contribution >= 4 is 23.2 Å². The number of carbonyl (C=O) groups is 1. The van der Waals surface area contributed by atoms with Gasteiger partial charge in [-0.2, -0.15) is 0 Å². The molecule has 1 heterocycles. The maximum Gasteiger partial charge on any atom is 0.248 e. The number of halogens is 1. The minimum absolute atomic E-state index is 0.183. The third kappa shape index (κ3) is 1.06. The molecule has 0 saturated heterocycles. The number of anilines is 1. The summed E-state index contributed by atoms with van der Waals surface area (Å²) in [6.45, 7) is 3.56. The average Bonchev–Trinajstić information content (AvgIpc) is 2.33. The predicted molar refractivity (Wildman–Crippen MR) is 56.4 cm³/mol. The molecule has 3 nitrogen and oxygen atoms in total. The summed E-state index contributed by atoms with van der Waals surface area (Å²) in [6, 6.07) is 3.56. The summed E-state index contributed by atoms with van der Waals surface area (Å²) in [5.41, 5.74) is 7.39. The van der Waals surface area contributed by atoms with E-state index in [1.54, 1.807) is 19.1 Å². The van der Waals surface area contributed by atoms with Crippen LogP contribution >= 0.6 is 11.6 Å². The van der Waals surface area contributed by atoms with E-state index >= 15 is 0 Å². The van der Waals surface area contributed by atoms with Gasteiger partial charge in [0.25, 0.3) is 0 Å². The summed E-state index contributed by atoms with van der Waals surface area (Å²) in [5, 5.41) is 3.39. The fourth-order valence-electron chi connectivity index (χ4n) is 1.65. The highest BCUT2D eigenvalue weighted by Gasteiger charge is 2.39. The van der Waals surface area contributed by atoms with Gasteiger partial charge in [-0.3, -0.25) is 4.79 Å². The van der Waals surface area contributed by atoms with Crippen LogP contribution in [0.15, 0.2) is 12.1 Å². The van der Waals surface area contributed by atoms with Crippen molar-refractivity contribution in [3.8, 4) is 0 Å². The van der Waals surface area contributed by atoms with Crippen LogP contribution in [-0.2, 0) is 10.3 Å². The van der Waals surface area contributed by atoms with E-state index in [-0.39, 0.29) is 5.91 Å². The fraction of sp³-hybridized carbons (Fsp3) is 0.300. The van der Waals surface area contributed by atoms with Crippen molar-refractivity contribution in [1.29, 1.82) is 0 Å². The van der Waals surface area contributed by atoms with E-state index in [4.69, 9.17) is 17.3 Å². The molecule has 1 unspecified atom stereocenters. The normalized spacial score (nSPS) is 24.7. The van der Waals surface area contributed by atoms with Gasteiger partial charge in [0.2, 0.25) is 5.91 Å². The van der Waals surface area contributed by atoms with Gasteiger partial charge in [0.15, 0.2) is 0 Å². The van der Waals surface area contributed by atoms with Gasteiger partial charge < -0.3 is 11.1 Å². The maximum absolute atomic E-state index is 11.5. The maximum atomic E-state index is 11.5. The highest BCUT2D eigenvalue weighted by Crippen LogP contribution is 2.38. The molecule has 0 saturated carbocycles. The average molecular weight is 211 g/mol. The lowest BCUT2D eigenvalue weighted by molar-refractivity contribution is -0.120. The van der Waals surface area contributed by atoms with Crippen LogP contribution in [-0.4, -0.2) is 5.91 Å². The summed E-state index contributed by atoms with van der Waals surface area (Å²) >= 11 is 5.94. The Bertz CT molecular complexity index is 426. The standard InChI is InChI=1S/C10H11ClN2O/c1-5-7(11)4-3-6-8(5)13-9(14)10(6,2)12/h3-4H,12H2,1-2H3,(H,13,14). The van der Waals surface area contributed by atoms with Gasteiger partial charge >= 0.3 is 0 Å². The lowest BCUT2D eigenvalue weighted by Crippen LogP contribution is -2.40.